The maximum atomic E-state index is 12.8. The fourth-order valence-electron chi connectivity index (χ4n) is 2.81. The normalized spacial score (nSPS) is 19.0. The Labute approximate surface area is 154 Å². The van der Waals surface area contributed by atoms with Gasteiger partial charge in [0.1, 0.15) is 19.5 Å². The highest BCUT2D eigenvalue weighted by Crippen LogP contribution is 2.57. The molecule has 0 aliphatic carbocycles. The predicted octanol–water partition coefficient (Wildman–Crippen LogP) is 0.716. The minimum absolute atomic E-state index is 0.00303. The molecule has 0 amide bonds. The smallest absolute Gasteiger partial charge is 0.287 e. The number of aromatic nitrogens is 4. The number of nitrogen functional groups attached to an aromatic ring is 1. The lowest BCUT2D eigenvalue weighted by atomic mass is 10.1. The number of nitrogens with one attached hydrogen (secondary N) is 1. The van der Waals surface area contributed by atoms with Crippen molar-refractivity contribution < 1.29 is 18.7 Å². The van der Waals surface area contributed by atoms with Gasteiger partial charge in [-0.05, 0) is 12.5 Å². The summed E-state index contributed by atoms with van der Waals surface area (Å²) in [4.78, 5) is 35.0. The average Bonchev–Trinajstić information content (AvgIpc) is 3.03. The second-order valence-electron chi connectivity index (χ2n) is 6.14. The summed E-state index contributed by atoms with van der Waals surface area (Å²) in [6, 6.07) is 5.68. The lowest BCUT2D eigenvalue weighted by molar-refractivity contribution is -0.214. The molecule has 1 atom stereocenters. The Balaban J connectivity index is 1.38. The van der Waals surface area contributed by atoms with Gasteiger partial charge in [0.2, 0.25) is 5.95 Å². The number of ether oxygens (including phenoxy) is 1. The Morgan fingerprint density at radius 1 is 1.48 bits per heavy atom. The van der Waals surface area contributed by atoms with E-state index in [1.165, 1.54) is 6.33 Å². The van der Waals surface area contributed by atoms with E-state index in [0.29, 0.717) is 11.4 Å². The van der Waals surface area contributed by atoms with Gasteiger partial charge in [0, 0.05) is 5.56 Å². The standard InChI is InChI=1S/C16H18N5O5P/c1-10-3-2-4-11-7-25-27(23,26-13(10)11)6-5-24-9-21-8-18-12-14(21)19-16(17)20-15(12)22/h2-4,8H,5-7,9H2,1H3,(H3,17,19,20,22). The number of hydrogen-bond donors (Lipinski definition) is 2. The number of para-hydroxylation sites is 1. The lowest BCUT2D eigenvalue weighted by Crippen LogP contribution is -2.27. The number of benzene rings is 1. The summed E-state index contributed by atoms with van der Waals surface area (Å²) in [6.07, 6.45) is 1.53. The van der Waals surface area contributed by atoms with E-state index in [1.807, 2.05) is 25.1 Å². The van der Waals surface area contributed by atoms with Crippen LogP contribution in [0.15, 0.2) is 29.3 Å². The first-order valence-electron chi connectivity index (χ1n) is 8.25. The van der Waals surface area contributed by atoms with Gasteiger partial charge >= 0.3 is 0 Å². The van der Waals surface area contributed by atoms with Crippen molar-refractivity contribution in [1.29, 1.82) is 0 Å². The van der Waals surface area contributed by atoms with E-state index in [0.717, 1.165) is 11.1 Å². The summed E-state index contributed by atoms with van der Waals surface area (Å²) in [5.74, 6) is 0.614. The SMILES string of the molecule is Cc1cccc2c1O[P+]([O-])(CCOCn1cnc3c(=O)[nH]c(N)nc31)OC2. The molecule has 2 aromatic heterocycles. The van der Waals surface area contributed by atoms with Crippen molar-refractivity contribution in [3.8, 4) is 5.75 Å². The van der Waals surface area contributed by atoms with Crippen LogP contribution in [0.2, 0.25) is 0 Å². The zero-order chi connectivity index (χ0) is 19.0. The molecule has 0 radical (unpaired) electrons. The fourth-order valence-corrected chi connectivity index (χ4v) is 4.31. The highest BCUT2D eigenvalue weighted by atomic mass is 31.2. The number of nitrogens with two attached hydrogens (primary N) is 1. The van der Waals surface area contributed by atoms with Crippen LogP contribution in [0.4, 0.5) is 5.95 Å². The van der Waals surface area contributed by atoms with Crippen LogP contribution in [0.3, 0.4) is 0 Å². The molecular formula is C16H18N5O5P. The number of hydrogen-bond acceptors (Lipinski definition) is 8. The van der Waals surface area contributed by atoms with Gasteiger partial charge in [-0.2, -0.15) is 9.51 Å². The van der Waals surface area contributed by atoms with E-state index in [2.05, 4.69) is 15.0 Å². The fraction of sp³-hybridized carbons (Fsp3) is 0.312. The van der Waals surface area contributed by atoms with Gasteiger partial charge in [-0.25, -0.2) is 4.98 Å². The van der Waals surface area contributed by atoms with Crippen LogP contribution in [0.5, 0.6) is 5.75 Å². The van der Waals surface area contributed by atoms with Crippen molar-refractivity contribution in [2.45, 2.75) is 20.3 Å². The molecule has 4 rings (SSSR count). The summed E-state index contributed by atoms with van der Waals surface area (Å²) < 4.78 is 18.2. The molecule has 0 saturated heterocycles. The van der Waals surface area contributed by atoms with Crippen molar-refractivity contribution in [1.82, 2.24) is 19.5 Å². The number of anilines is 1. The van der Waals surface area contributed by atoms with Crippen molar-refractivity contribution in [3.05, 3.63) is 46.0 Å². The van der Waals surface area contributed by atoms with Gasteiger partial charge in [-0.1, -0.05) is 18.2 Å². The van der Waals surface area contributed by atoms with E-state index in [1.54, 1.807) is 4.57 Å². The van der Waals surface area contributed by atoms with E-state index in [-0.39, 0.29) is 37.6 Å². The molecule has 1 unspecified atom stereocenters. The van der Waals surface area contributed by atoms with Gasteiger partial charge in [-0.3, -0.25) is 14.3 Å². The third-order valence-electron chi connectivity index (χ3n) is 4.17. The second kappa shape index (κ2) is 6.90. The molecule has 11 heteroatoms. The highest BCUT2D eigenvalue weighted by Gasteiger charge is 2.37. The number of aryl methyl sites for hydroxylation is 1. The number of fused-ring (bicyclic) bond motifs is 2. The molecule has 0 bridgehead atoms. The molecule has 3 heterocycles. The minimum Gasteiger partial charge on any atom is -0.624 e. The van der Waals surface area contributed by atoms with E-state index >= 15 is 0 Å². The Morgan fingerprint density at radius 2 is 2.33 bits per heavy atom. The monoisotopic (exact) mass is 391 g/mol. The maximum absolute atomic E-state index is 12.8. The quantitative estimate of drug-likeness (QED) is 0.479. The van der Waals surface area contributed by atoms with Crippen LogP contribution >= 0.6 is 7.94 Å². The molecule has 0 spiro atoms. The average molecular weight is 391 g/mol. The zero-order valence-electron chi connectivity index (χ0n) is 14.5. The minimum atomic E-state index is -3.28. The highest BCUT2D eigenvalue weighted by molar-refractivity contribution is 7.59. The molecule has 0 fully saturated rings. The summed E-state index contributed by atoms with van der Waals surface area (Å²) in [7, 11) is -3.28. The largest absolute Gasteiger partial charge is 0.624 e. The van der Waals surface area contributed by atoms with E-state index < -0.39 is 13.5 Å². The molecule has 3 aromatic rings. The zero-order valence-corrected chi connectivity index (χ0v) is 15.4. The molecule has 1 aliphatic rings. The molecule has 142 valence electrons. The predicted molar refractivity (Wildman–Crippen MR) is 96.9 cm³/mol. The molecular weight excluding hydrogens is 373 g/mol. The second-order valence-corrected chi connectivity index (χ2v) is 8.25. The number of imidazole rings is 1. The molecule has 3 N–H and O–H groups in total. The van der Waals surface area contributed by atoms with Gasteiger partial charge in [-0.15, -0.1) is 0 Å². The van der Waals surface area contributed by atoms with Crippen LogP contribution in [0, 0.1) is 6.92 Å². The first kappa shape index (κ1) is 17.9. The molecule has 1 aliphatic heterocycles. The topological polar surface area (TPSA) is 140 Å². The lowest BCUT2D eigenvalue weighted by Gasteiger charge is -2.32. The van der Waals surface area contributed by atoms with Gasteiger partial charge in [0.25, 0.3) is 13.5 Å². The number of aromatic amines is 1. The Hall–Kier alpha value is -2.52. The van der Waals surface area contributed by atoms with Crippen molar-refractivity contribution in [3.63, 3.8) is 0 Å². The Kier molecular flexibility index (Phi) is 4.56. The van der Waals surface area contributed by atoms with E-state index in [4.69, 9.17) is 19.5 Å². The molecule has 27 heavy (non-hydrogen) atoms. The first-order chi connectivity index (χ1) is 13.0. The number of rotatable bonds is 5. The molecule has 10 nitrogen and oxygen atoms in total. The maximum Gasteiger partial charge on any atom is 0.287 e. The van der Waals surface area contributed by atoms with Crippen molar-refractivity contribution in [2.75, 3.05) is 18.5 Å². The van der Waals surface area contributed by atoms with Gasteiger partial charge < -0.3 is 19.9 Å². The third-order valence-corrected chi connectivity index (χ3v) is 5.89. The summed E-state index contributed by atoms with van der Waals surface area (Å²) in [5.41, 5.74) is 7.42. The van der Waals surface area contributed by atoms with Crippen LogP contribution in [-0.2, 0) is 22.6 Å². The van der Waals surface area contributed by atoms with Crippen LogP contribution < -0.4 is 20.7 Å². The first-order valence-corrected chi connectivity index (χ1v) is 9.98. The summed E-state index contributed by atoms with van der Waals surface area (Å²) in [6.45, 7) is 2.35. The van der Waals surface area contributed by atoms with Crippen LogP contribution in [0.25, 0.3) is 11.2 Å². The number of nitrogens with zero attached hydrogens (tertiary/aromatic N) is 3. The van der Waals surface area contributed by atoms with Crippen molar-refractivity contribution >= 4 is 25.1 Å². The van der Waals surface area contributed by atoms with Gasteiger partial charge in [0.15, 0.2) is 16.9 Å². The van der Waals surface area contributed by atoms with Gasteiger partial charge in [0.05, 0.1) is 12.9 Å². The van der Waals surface area contributed by atoms with E-state index in [9.17, 15) is 9.69 Å². The summed E-state index contributed by atoms with van der Waals surface area (Å²) >= 11 is 0. The summed E-state index contributed by atoms with van der Waals surface area (Å²) in [5, 5.41) is 0. The Bertz CT molecular complexity index is 1050. The molecule has 0 saturated carbocycles. The van der Waals surface area contributed by atoms with Crippen molar-refractivity contribution in [2.24, 2.45) is 0 Å². The van der Waals surface area contributed by atoms with Crippen LogP contribution in [-0.4, -0.2) is 32.3 Å². The third kappa shape index (κ3) is 3.52. The molecule has 1 aromatic carbocycles. The number of H-pyrrole nitrogens is 1. The Morgan fingerprint density at radius 3 is 3.19 bits per heavy atom. The van der Waals surface area contributed by atoms with Crippen LogP contribution in [0.1, 0.15) is 11.1 Å².